The molecule has 2 nitrogen and oxygen atoms in total. The van der Waals surface area contributed by atoms with E-state index in [1.807, 2.05) is 0 Å². The maximum Gasteiger partial charge on any atom is 0.0820 e. The molecule has 1 atom stereocenters. The van der Waals surface area contributed by atoms with Crippen LogP contribution < -0.4 is 5.32 Å². The van der Waals surface area contributed by atoms with E-state index in [1.165, 1.54) is 17.5 Å². The van der Waals surface area contributed by atoms with Gasteiger partial charge in [-0.05, 0) is 51.3 Å². The first-order valence-electron chi connectivity index (χ1n) is 8.01. The molecule has 0 aromatic heterocycles. The van der Waals surface area contributed by atoms with Crippen molar-refractivity contribution in [3.8, 4) is 0 Å². The normalized spacial score (nSPS) is 13.4. The SMILES string of the molecule is CCCNC(c1ccc(CCC)cc1)C(C)(C)OCC. The van der Waals surface area contributed by atoms with Gasteiger partial charge in [0.1, 0.15) is 0 Å². The van der Waals surface area contributed by atoms with Gasteiger partial charge in [0.2, 0.25) is 0 Å². The van der Waals surface area contributed by atoms with Crippen LogP contribution in [-0.2, 0) is 11.2 Å². The van der Waals surface area contributed by atoms with Gasteiger partial charge in [0.05, 0.1) is 11.6 Å². The Morgan fingerprint density at radius 2 is 1.70 bits per heavy atom. The van der Waals surface area contributed by atoms with Gasteiger partial charge < -0.3 is 10.1 Å². The van der Waals surface area contributed by atoms with E-state index in [1.54, 1.807) is 0 Å². The monoisotopic (exact) mass is 277 g/mol. The zero-order valence-corrected chi connectivity index (χ0v) is 13.8. The fourth-order valence-electron chi connectivity index (χ4n) is 2.67. The van der Waals surface area contributed by atoms with E-state index in [2.05, 4.69) is 64.2 Å². The van der Waals surface area contributed by atoms with E-state index in [-0.39, 0.29) is 11.6 Å². The Morgan fingerprint density at radius 1 is 1.05 bits per heavy atom. The highest BCUT2D eigenvalue weighted by atomic mass is 16.5. The topological polar surface area (TPSA) is 21.3 Å². The maximum absolute atomic E-state index is 5.96. The fourth-order valence-corrected chi connectivity index (χ4v) is 2.67. The summed E-state index contributed by atoms with van der Waals surface area (Å²) < 4.78 is 5.96. The highest BCUT2D eigenvalue weighted by molar-refractivity contribution is 5.27. The Hall–Kier alpha value is -0.860. The molecule has 0 heterocycles. The zero-order valence-electron chi connectivity index (χ0n) is 13.8. The number of rotatable bonds is 9. The molecule has 0 fully saturated rings. The number of nitrogens with one attached hydrogen (secondary N) is 1. The van der Waals surface area contributed by atoms with Gasteiger partial charge in [0, 0.05) is 6.61 Å². The maximum atomic E-state index is 5.96. The smallest absolute Gasteiger partial charge is 0.0820 e. The van der Waals surface area contributed by atoms with Gasteiger partial charge in [0.25, 0.3) is 0 Å². The Balaban J connectivity index is 2.91. The van der Waals surface area contributed by atoms with Crippen molar-refractivity contribution < 1.29 is 4.74 Å². The lowest BCUT2D eigenvalue weighted by Gasteiger charge is -2.35. The first-order valence-corrected chi connectivity index (χ1v) is 8.01. The van der Waals surface area contributed by atoms with Crippen LogP contribution in [0.2, 0.25) is 0 Å². The van der Waals surface area contributed by atoms with Crippen molar-refractivity contribution >= 4 is 0 Å². The molecule has 0 bridgehead atoms. The third-order valence-corrected chi connectivity index (χ3v) is 3.66. The molecule has 114 valence electrons. The molecule has 20 heavy (non-hydrogen) atoms. The van der Waals surface area contributed by atoms with E-state index in [0.29, 0.717) is 0 Å². The summed E-state index contributed by atoms with van der Waals surface area (Å²) >= 11 is 0. The lowest BCUT2D eigenvalue weighted by Crippen LogP contribution is -2.42. The van der Waals surface area contributed by atoms with Gasteiger partial charge in [-0.3, -0.25) is 0 Å². The van der Waals surface area contributed by atoms with Crippen molar-refractivity contribution in [2.24, 2.45) is 0 Å². The second-order valence-corrected chi connectivity index (χ2v) is 5.92. The van der Waals surface area contributed by atoms with Crippen molar-refractivity contribution in [3.63, 3.8) is 0 Å². The highest BCUT2D eigenvalue weighted by Gasteiger charge is 2.30. The second-order valence-electron chi connectivity index (χ2n) is 5.92. The molecule has 1 unspecified atom stereocenters. The molecule has 0 saturated heterocycles. The van der Waals surface area contributed by atoms with Crippen LogP contribution >= 0.6 is 0 Å². The first-order chi connectivity index (χ1) is 9.55. The minimum Gasteiger partial charge on any atom is -0.374 e. The van der Waals surface area contributed by atoms with Gasteiger partial charge in [-0.1, -0.05) is 44.5 Å². The van der Waals surface area contributed by atoms with E-state index in [0.717, 1.165) is 26.0 Å². The summed E-state index contributed by atoms with van der Waals surface area (Å²) in [7, 11) is 0. The average Bonchev–Trinajstić information content (AvgIpc) is 2.41. The molecule has 0 saturated carbocycles. The molecule has 0 aliphatic rings. The summed E-state index contributed by atoms with van der Waals surface area (Å²) in [6.07, 6.45) is 3.48. The van der Waals surface area contributed by atoms with Crippen LogP contribution in [0.15, 0.2) is 24.3 Å². The molecule has 2 heteroatoms. The predicted octanol–water partition coefficient (Wildman–Crippen LogP) is 4.49. The molecule has 0 aliphatic carbocycles. The molecule has 1 aromatic carbocycles. The summed E-state index contributed by atoms with van der Waals surface area (Å²) in [6, 6.07) is 9.24. The van der Waals surface area contributed by atoms with Crippen LogP contribution in [0.1, 0.15) is 64.6 Å². The van der Waals surface area contributed by atoms with Gasteiger partial charge >= 0.3 is 0 Å². The van der Waals surface area contributed by atoms with Crippen molar-refractivity contribution in [3.05, 3.63) is 35.4 Å². The Bertz CT molecular complexity index is 370. The van der Waals surface area contributed by atoms with Crippen molar-refractivity contribution in [1.82, 2.24) is 5.32 Å². The lowest BCUT2D eigenvalue weighted by atomic mass is 9.90. The number of benzene rings is 1. The second kappa shape index (κ2) is 8.43. The highest BCUT2D eigenvalue weighted by Crippen LogP contribution is 2.29. The third-order valence-electron chi connectivity index (χ3n) is 3.66. The molecule has 0 amide bonds. The minimum atomic E-state index is -0.198. The zero-order chi connectivity index (χ0) is 15.0. The van der Waals surface area contributed by atoms with Crippen LogP contribution in [0, 0.1) is 0 Å². The Morgan fingerprint density at radius 3 is 2.20 bits per heavy atom. The van der Waals surface area contributed by atoms with Gasteiger partial charge in [-0.15, -0.1) is 0 Å². The van der Waals surface area contributed by atoms with E-state index in [9.17, 15) is 0 Å². The van der Waals surface area contributed by atoms with E-state index >= 15 is 0 Å². The standard InChI is InChI=1S/C18H31NO/c1-6-9-15-10-12-16(13-11-15)17(19-14-7-2)18(4,5)20-8-3/h10-13,17,19H,6-9,14H2,1-5H3. The summed E-state index contributed by atoms with van der Waals surface area (Å²) in [5.74, 6) is 0. The number of hydrogen-bond donors (Lipinski definition) is 1. The van der Waals surface area contributed by atoms with Crippen LogP contribution in [-0.4, -0.2) is 18.8 Å². The summed E-state index contributed by atoms with van der Waals surface area (Å²) in [4.78, 5) is 0. The van der Waals surface area contributed by atoms with Crippen LogP contribution in [0.3, 0.4) is 0 Å². The molecular formula is C18H31NO. The lowest BCUT2D eigenvalue weighted by molar-refractivity contribution is -0.0391. The van der Waals surface area contributed by atoms with Crippen LogP contribution in [0.4, 0.5) is 0 Å². The molecular weight excluding hydrogens is 246 g/mol. The van der Waals surface area contributed by atoms with Crippen molar-refractivity contribution in [2.75, 3.05) is 13.2 Å². The first kappa shape index (κ1) is 17.2. The van der Waals surface area contributed by atoms with Gasteiger partial charge in [0.15, 0.2) is 0 Å². The minimum absolute atomic E-state index is 0.198. The predicted molar refractivity (Wildman–Crippen MR) is 87.2 cm³/mol. The number of ether oxygens (including phenoxy) is 1. The Labute approximate surface area is 124 Å². The molecule has 0 radical (unpaired) electrons. The molecule has 1 N–H and O–H groups in total. The van der Waals surface area contributed by atoms with E-state index in [4.69, 9.17) is 4.74 Å². The number of aryl methyl sites for hydroxylation is 1. The third kappa shape index (κ3) is 4.92. The molecule has 0 spiro atoms. The molecule has 1 rings (SSSR count). The van der Waals surface area contributed by atoms with Crippen LogP contribution in [0.25, 0.3) is 0 Å². The molecule has 1 aromatic rings. The van der Waals surface area contributed by atoms with Gasteiger partial charge in [-0.25, -0.2) is 0 Å². The largest absolute Gasteiger partial charge is 0.374 e. The quantitative estimate of drug-likeness (QED) is 0.718. The summed E-state index contributed by atoms with van der Waals surface area (Å²) in [6.45, 7) is 12.6. The van der Waals surface area contributed by atoms with E-state index < -0.39 is 0 Å². The van der Waals surface area contributed by atoms with Crippen molar-refractivity contribution in [2.45, 2.75) is 65.5 Å². The Kier molecular flexibility index (Phi) is 7.25. The average molecular weight is 277 g/mol. The van der Waals surface area contributed by atoms with Crippen molar-refractivity contribution in [1.29, 1.82) is 0 Å². The molecule has 0 aliphatic heterocycles. The fraction of sp³-hybridized carbons (Fsp3) is 0.667. The van der Waals surface area contributed by atoms with Gasteiger partial charge in [-0.2, -0.15) is 0 Å². The number of hydrogen-bond acceptors (Lipinski definition) is 2. The summed E-state index contributed by atoms with van der Waals surface area (Å²) in [5.41, 5.74) is 2.53. The van der Waals surface area contributed by atoms with Crippen LogP contribution in [0.5, 0.6) is 0 Å². The summed E-state index contributed by atoms with van der Waals surface area (Å²) in [5, 5.41) is 3.64.